The first-order valence-electron chi connectivity index (χ1n) is 6.81. The number of hydrogen-bond acceptors (Lipinski definition) is 6. The molecule has 1 aliphatic heterocycles. The van der Waals surface area contributed by atoms with Crippen molar-refractivity contribution in [1.29, 1.82) is 0 Å². The lowest BCUT2D eigenvalue weighted by Gasteiger charge is -2.15. The second-order valence-electron chi connectivity index (χ2n) is 4.81. The van der Waals surface area contributed by atoms with E-state index in [0.717, 1.165) is 4.88 Å². The van der Waals surface area contributed by atoms with Crippen LogP contribution in [0.2, 0.25) is 0 Å². The molecule has 6 nitrogen and oxygen atoms in total. The Bertz CT molecular complexity index is 697. The lowest BCUT2D eigenvalue weighted by molar-refractivity contribution is -0.117. The van der Waals surface area contributed by atoms with Crippen LogP contribution in [0.15, 0.2) is 6.07 Å². The Labute approximate surface area is 137 Å². The number of anilines is 1. The number of nitrogens with zero attached hydrogens (tertiary/aromatic N) is 1. The standard InChI is InChI=1S/C13H16ClNO5S2/c1-3-8-5-10(13(17)20-4-2)12(21-8)15-7-9(6-11(15)16)22(14,18)19/h5,9H,3-4,6-7H2,1-2H3. The first kappa shape index (κ1) is 17.2. The Hall–Kier alpha value is -1.12. The van der Waals surface area contributed by atoms with Gasteiger partial charge in [0.15, 0.2) is 0 Å². The van der Waals surface area contributed by atoms with Crippen LogP contribution in [0.1, 0.15) is 35.5 Å². The Morgan fingerprint density at radius 1 is 1.50 bits per heavy atom. The van der Waals surface area contributed by atoms with E-state index in [1.807, 2.05) is 6.92 Å². The van der Waals surface area contributed by atoms with E-state index in [2.05, 4.69) is 0 Å². The summed E-state index contributed by atoms with van der Waals surface area (Å²) in [7, 11) is 1.53. The Balaban J connectivity index is 2.38. The van der Waals surface area contributed by atoms with Crippen molar-refractivity contribution >= 4 is 47.9 Å². The fourth-order valence-electron chi connectivity index (χ4n) is 2.22. The third kappa shape index (κ3) is 3.44. The van der Waals surface area contributed by atoms with Crippen molar-refractivity contribution in [2.24, 2.45) is 0 Å². The summed E-state index contributed by atoms with van der Waals surface area (Å²) in [5, 5.41) is -0.521. The number of thiophene rings is 1. The number of halogens is 1. The van der Waals surface area contributed by atoms with Crippen molar-refractivity contribution in [3.05, 3.63) is 16.5 Å². The number of ether oxygens (including phenoxy) is 1. The highest BCUT2D eigenvalue weighted by Gasteiger charge is 2.40. The van der Waals surface area contributed by atoms with E-state index >= 15 is 0 Å². The summed E-state index contributed by atoms with van der Waals surface area (Å²) in [5.41, 5.74) is 0.296. The van der Waals surface area contributed by atoms with Gasteiger partial charge in [-0.1, -0.05) is 6.92 Å². The highest BCUT2D eigenvalue weighted by Crippen LogP contribution is 2.36. The minimum Gasteiger partial charge on any atom is -0.462 e. The van der Waals surface area contributed by atoms with Gasteiger partial charge in [0.05, 0.1) is 12.2 Å². The van der Waals surface area contributed by atoms with Crippen LogP contribution in [0, 0.1) is 0 Å². The van der Waals surface area contributed by atoms with E-state index in [1.165, 1.54) is 16.2 Å². The third-order valence-electron chi connectivity index (χ3n) is 3.34. The average molecular weight is 366 g/mol. The van der Waals surface area contributed by atoms with Crippen molar-refractivity contribution in [3.8, 4) is 0 Å². The van der Waals surface area contributed by atoms with Crippen molar-refractivity contribution in [2.75, 3.05) is 18.1 Å². The van der Waals surface area contributed by atoms with Crippen LogP contribution < -0.4 is 4.90 Å². The molecule has 0 bridgehead atoms. The molecule has 0 aromatic carbocycles. The lowest BCUT2D eigenvalue weighted by Crippen LogP contribution is -2.27. The molecular weight excluding hydrogens is 350 g/mol. The van der Waals surface area contributed by atoms with Gasteiger partial charge in [0.2, 0.25) is 15.0 Å². The number of hydrogen-bond donors (Lipinski definition) is 0. The Morgan fingerprint density at radius 2 is 2.18 bits per heavy atom. The molecule has 0 aliphatic carbocycles. The lowest BCUT2D eigenvalue weighted by atomic mass is 10.2. The quantitative estimate of drug-likeness (QED) is 0.590. The molecule has 1 atom stereocenters. The fraction of sp³-hybridized carbons (Fsp3) is 0.538. The fourth-order valence-corrected chi connectivity index (χ4v) is 4.36. The Kier molecular flexibility index (Phi) is 5.14. The highest BCUT2D eigenvalue weighted by atomic mass is 35.7. The van der Waals surface area contributed by atoms with Crippen LogP contribution in [-0.2, 0) is 25.0 Å². The number of carbonyl (C=O) groups is 2. The highest BCUT2D eigenvalue weighted by molar-refractivity contribution is 8.14. The average Bonchev–Trinajstić information content (AvgIpc) is 3.01. The molecule has 122 valence electrons. The molecule has 1 aromatic heterocycles. The van der Waals surface area contributed by atoms with E-state index in [9.17, 15) is 18.0 Å². The van der Waals surface area contributed by atoms with Crippen LogP contribution >= 0.6 is 22.0 Å². The number of amides is 1. The van der Waals surface area contributed by atoms with E-state index < -0.39 is 20.3 Å². The van der Waals surface area contributed by atoms with Crippen LogP contribution in [0.3, 0.4) is 0 Å². The van der Waals surface area contributed by atoms with Gasteiger partial charge in [-0.25, -0.2) is 13.2 Å². The van der Waals surface area contributed by atoms with Crippen molar-refractivity contribution in [1.82, 2.24) is 0 Å². The van der Waals surface area contributed by atoms with Gasteiger partial charge >= 0.3 is 5.97 Å². The first-order valence-corrected chi connectivity index (χ1v) is 10.0. The molecular formula is C13H16ClNO5S2. The largest absolute Gasteiger partial charge is 0.462 e. The summed E-state index contributed by atoms with van der Waals surface area (Å²) in [5.74, 6) is -0.872. The van der Waals surface area contributed by atoms with Gasteiger partial charge < -0.3 is 9.64 Å². The van der Waals surface area contributed by atoms with Gasteiger partial charge in [0.1, 0.15) is 10.3 Å². The van der Waals surface area contributed by atoms with Gasteiger partial charge in [-0.3, -0.25) is 4.79 Å². The van der Waals surface area contributed by atoms with E-state index in [-0.39, 0.29) is 25.5 Å². The van der Waals surface area contributed by atoms with Crippen molar-refractivity contribution in [3.63, 3.8) is 0 Å². The summed E-state index contributed by atoms with van der Waals surface area (Å²) in [6.07, 6.45) is 0.532. The minimum atomic E-state index is -3.82. The summed E-state index contributed by atoms with van der Waals surface area (Å²) in [4.78, 5) is 26.4. The minimum absolute atomic E-state index is 0.0409. The van der Waals surface area contributed by atoms with E-state index in [1.54, 1.807) is 13.0 Å². The molecule has 1 aromatic rings. The zero-order valence-electron chi connectivity index (χ0n) is 12.2. The maximum Gasteiger partial charge on any atom is 0.341 e. The normalized spacial score (nSPS) is 18.8. The smallest absolute Gasteiger partial charge is 0.341 e. The molecule has 0 saturated carbocycles. The second-order valence-corrected chi connectivity index (χ2v) is 8.84. The molecule has 0 spiro atoms. The predicted octanol–water partition coefficient (Wildman–Crippen LogP) is 2.16. The van der Waals surface area contributed by atoms with Crippen LogP contribution in [0.25, 0.3) is 0 Å². The zero-order valence-corrected chi connectivity index (χ0v) is 14.6. The van der Waals surface area contributed by atoms with Gasteiger partial charge in [0.25, 0.3) is 0 Å². The van der Waals surface area contributed by atoms with Crippen molar-refractivity contribution in [2.45, 2.75) is 31.9 Å². The summed E-state index contributed by atoms with van der Waals surface area (Å²) < 4.78 is 27.9. The number of aryl methyl sites for hydroxylation is 1. The van der Waals surface area contributed by atoms with Gasteiger partial charge in [-0.05, 0) is 19.4 Å². The molecule has 9 heteroatoms. The predicted molar refractivity (Wildman–Crippen MR) is 85.2 cm³/mol. The van der Waals surface area contributed by atoms with E-state index in [0.29, 0.717) is 17.0 Å². The third-order valence-corrected chi connectivity index (χ3v) is 6.51. The number of rotatable bonds is 5. The van der Waals surface area contributed by atoms with Gasteiger partial charge in [-0.15, -0.1) is 11.3 Å². The number of esters is 1. The maximum atomic E-state index is 12.1. The zero-order chi connectivity index (χ0) is 16.5. The molecule has 1 amide bonds. The Morgan fingerprint density at radius 3 is 2.68 bits per heavy atom. The summed E-state index contributed by atoms with van der Waals surface area (Å²) in [6, 6.07) is 1.69. The first-order chi connectivity index (χ1) is 10.3. The van der Waals surface area contributed by atoms with Crippen molar-refractivity contribution < 1.29 is 22.7 Å². The molecule has 0 radical (unpaired) electrons. The number of carbonyl (C=O) groups excluding carboxylic acids is 2. The molecule has 0 N–H and O–H groups in total. The van der Waals surface area contributed by atoms with Gasteiger partial charge in [-0.2, -0.15) is 0 Å². The molecule has 22 heavy (non-hydrogen) atoms. The monoisotopic (exact) mass is 365 g/mol. The summed E-state index contributed by atoms with van der Waals surface area (Å²) >= 11 is 1.29. The molecule has 1 fully saturated rings. The second kappa shape index (κ2) is 6.55. The topological polar surface area (TPSA) is 80.8 Å². The molecule has 1 saturated heterocycles. The van der Waals surface area contributed by atoms with E-state index in [4.69, 9.17) is 15.4 Å². The maximum absolute atomic E-state index is 12.1. The molecule has 1 unspecified atom stereocenters. The molecule has 2 rings (SSSR count). The molecule has 1 aliphatic rings. The van der Waals surface area contributed by atoms with Gasteiger partial charge in [0, 0.05) is 28.5 Å². The van der Waals surface area contributed by atoms with Crippen LogP contribution in [0.4, 0.5) is 5.00 Å². The van der Waals surface area contributed by atoms with Crippen LogP contribution in [-0.4, -0.2) is 38.7 Å². The molecule has 2 heterocycles. The summed E-state index contributed by atoms with van der Waals surface area (Å²) in [6.45, 7) is 3.81. The SMILES string of the molecule is CCOC(=O)c1cc(CC)sc1N1CC(S(=O)(=O)Cl)CC1=O. The van der Waals surface area contributed by atoms with Crippen LogP contribution in [0.5, 0.6) is 0 Å².